The van der Waals surface area contributed by atoms with Crippen molar-refractivity contribution >= 4 is 17.7 Å². The van der Waals surface area contributed by atoms with Crippen molar-refractivity contribution in [3.63, 3.8) is 0 Å². The summed E-state index contributed by atoms with van der Waals surface area (Å²) in [7, 11) is 1.90. The molecule has 0 aliphatic rings. The molecule has 0 atom stereocenters. The van der Waals surface area contributed by atoms with Crippen LogP contribution in [-0.4, -0.2) is 36.0 Å². The van der Waals surface area contributed by atoms with Crippen LogP contribution in [0.5, 0.6) is 0 Å². The second-order valence-corrected chi connectivity index (χ2v) is 6.69. The molecule has 0 bridgehead atoms. The number of carbonyl (C=O) groups is 1. The van der Waals surface area contributed by atoms with Gasteiger partial charge in [-0.1, -0.05) is 41.6 Å². The summed E-state index contributed by atoms with van der Waals surface area (Å²) < 4.78 is 3.82. The van der Waals surface area contributed by atoms with E-state index in [0.29, 0.717) is 18.8 Å². The van der Waals surface area contributed by atoms with Crippen LogP contribution in [0.25, 0.3) is 0 Å². The minimum absolute atomic E-state index is 0.0234. The van der Waals surface area contributed by atoms with Gasteiger partial charge in [0.05, 0.1) is 18.6 Å². The quantitative estimate of drug-likeness (QED) is 0.653. The van der Waals surface area contributed by atoms with Gasteiger partial charge in [-0.2, -0.15) is 0 Å². The number of carbonyl (C=O) groups excluding carboxylic acids is 1. The third-order valence-corrected chi connectivity index (χ3v) is 4.77. The standard InChI is InChI=1S/C17H20N6OS/c1-13-3-5-14(6-4-13)9-19-16(24)11-25-17-21-20-15(22(17)2)10-23-8-7-18-12-23/h3-8,12H,9-11H2,1-2H3,(H,19,24). The molecule has 0 saturated carbocycles. The van der Waals surface area contributed by atoms with E-state index >= 15 is 0 Å². The van der Waals surface area contributed by atoms with Crippen molar-refractivity contribution in [3.8, 4) is 0 Å². The Hall–Kier alpha value is -2.61. The van der Waals surface area contributed by atoms with Gasteiger partial charge in [-0.15, -0.1) is 10.2 Å². The molecule has 0 saturated heterocycles. The molecule has 1 N–H and O–H groups in total. The first-order chi connectivity index (χ1) is 12.1. The average Bonchev–Trinajstić information content (AvgIpc) is 3.24. The summed E-state index contributed by atoms with van der Waals surface area (Å²) in [5.74, 6) is 1.11. The van der Waals surface area contributed by atoms with Gasteiger partial charge in [0, 0.05) is 26.0 Å². The van der Waals surface area contributed by atoms with Crippen molar-refractivity contribution in [2.45, 2.75) is 25.2 Å². The zero-order chi connectivity index (χ0) is 17.6. The summed E-state index contributed by atoms with van der Waals surface area (Å²) in [6.07, 6.45) is 5.34. The van der Waals surface area contributed by atoms with Gasteiger partial charge in [-0.25, -0.2) is 4.98 Å². The first kappa shape index (κ1) is 17.2. The molecule has 2 heterocycles. The van der Waals surface area contributed by atoms with Gasteiger partial charge < -0.3 is 14.5 Å². The predicted molar refractivity (Wildman–Crippen MR) is 96.1 cm³/mol. The third kappa shape index (κ3) is 4.69. The molecular weight excluding hydrogens is 336 g/mol. The molecule has 25 heavy (non-hydrogen) atoms. The smallest absolute Gasteiger partial charge is 0.230 e. The maximum Gasteiger partial charge on any atom is 0.230 e. The summed E-state index contributed by atoms with van der Waals surface area (Å²) in [4.78, 5) is 16.0. The predicted octanol–water partition coefficient (Wildman–Crippen LogP) is 1.78. The van der Waals surface area contributed by atoms with E-state index in [4.69, 9.17) is 0 Å². The lowest BCUT2D eigenvalue weighted by Crippen LogP contribution is -2.24. The summed E-state index contributed by atoms with van der Waals surface area (Å²) in [5, 5.41) is 12.0. The zero-order valence-electron chi connectivity index (χ0n) is 14.2. The van der Waals surface area contributed by atoms with E-state index in [9.17, 15) is 4.79 Å². The molecule has 0 fully saturated rings. The highest BCUT2D eigenvalue weighted by Gasteiger charge is 2.11. The van der Waals surface area contributed by atoms with Crippen molar-refractivity contribution < 1.29 is 4.79 Å². The molecule has 0 spiro atoms. The lowest BCUT2D eigenvalue weighted by Gasteiger charge is -2.06. The van der Waals surface area contributed by atoms with E-state index in [1.165, 1.54) is 17.3 Å². The molecule has 2 aromatic heterocycles. The van der Waals surface area contributed by atoms with E-state index in [1.54, 1.807) is 12.5 Å². The lowest BCUT2D eigenvalue weighted by molar-refractivity contribution is -0.118. The van der Waals surface area contributed by atoms with Crippen LogP contribution in [-0.2, 0) is 24.9 Å². The van der Waals surface area contributed by atoms with Crippen LogP contribution in [0.3, 0.4) is 0 Å². The first-order valence-electron chi connectivity index (χ1n) is 7.91. The van der Waals surface area contributed by atoms with Gasteiger partial charge >= 0.3 is 0 Å². The fourth-order valence-electron chi connectivity index (χ4n) is 2.24. The largest absolute Gasteiger partial charge is 0.351 e. The number of nitrogens with zero attached hydrogens (tertiary/aromatic N) is 5. The number of hydrogen-bond donors (Lipinski definition) is 1. The topological polar surface area (TPSA) is 77.6 Å². The van der Waals surface area contributed by atoms with Crippen molar-refractivity contribution in [1.29, 1.82) is 0 Å². The fourth-order valence-corrected chi connectivity index (χ4v) is 3.00. The second-order valence-electron chi connectivity index (χ2n) is 5.74. The zero-order valence-corrected chi connectivity index (χ0v) is 15.0. The van der Waals surface area contributed by atoms with Crippen LogP contribution < -0.4 is 5.32 Å². The molecule has 130 valence electrons. The van der Waals surface area contributed by atoms with Crippen LogP contribution in [0, 0.1) is 6.92 Å². The molecule has 0 unspecified atom stereocenters. The number of benzene rings is 1. The lowest BCUT2D eigenvalue weighted by atomic mass is 10.1. The molecule has 3 aromatic rings. The van der Waals surface area contributed by atoms with Crippen molar-refractivity contribution in [2.24, 2.45) is 7.05 Å². The summed E-state index contributed by atoms with van der Waals surface area (Å²) in [5.41, 5.74) is 2.30. The number of amides is 1. The second kappa shape index (κ2) is 7.98. The van der Waals surface area contributed by atoms with Crippen LogP contribution in [0.4, 0.5) is 0 Å². The molecule has 3 rings (SSSR count). The number of rotatable bonds is 7. The van der Waals surface area contributed by atoms with Crippen LogP contribution in [0.15, 0.2) is 48.1 Å². The highest BCUT2D eigenvalue weighted by Crippen LogP contribution is 2.15. The van der Waals surface area contributed by atoms with Crippen LogP contribution in [0.1, 0.15) is 17.0 Å². The van der Waals surface area contributed by atoms with E-state index < -0.39 is 0 Å². The van der Waals surface area contributed by atoms with Gasteiger partial charge in [-0.3, -0.25) is 4.79 Å². The number of thioether (sulfide) groups is 1. The minimum atomic E-state index is -0.0234. The van der Waals surface area contributed by atoms with Crippen molar-refractivity contribution in [2.75, 3.05) is 5.75 Å². The highest BCUT2D eigenvalue weighted by molar-refractivity contribution is 7.99. The fraction of sp³-hybridized carbons (Fsp3) is 0.294. The van der Waals surface area contributed by atoms with Gasteiger partial charge in [0.15, 0.2) is 11.0 Å². The highest BCUT2D eigenvalue weighted by atomic mass is 32.2. The normalized spacial score (nSPS) is 10.8. The average molecular weight is 356 g/mol. The summed E-state index contributed by atoms with van der Waals surface area (Å²) >= 11 is 1.38. The number of aromatic nitrogens is 5. The summed E-state index contributed by atoms with van der Waals surface area (Å²) in [6, 6.07) is 8.12. The number of nitrogens with one attached hydrogen (secondary N) is 1. The Bertz CT molecular complexity index is 825. The molecule has 0 aliphatic carbocycles. The van der Waals surface area contributed by atoms with E-state index in [-0.39, 0.29) is 5.91 Å². The molecule has 1 aromatic carbocycles. The Kier molecular flexibility index (Phi) is 5.49. The van der Waals surface area contributed by atoms with Gasteiger partial charge in [-0.05, 0) is 12.5 Å². The Morgan fingerprint density at radius 2 is 2.04 bits per heavy atom. The van der Waals surface area contributed by atoms with Gasteiger partial charge in [0.2, 0.25) is 5.91 Å². The van der Waals surface area contributed by atoms with Crippen molar-refractivity contribution in [3.05, 3.63) is 59.9 Å². The molecule has 1 amide bonds. The van der Waals surface area contributed by atoms with Gasteiger partial charge in [0.1, 0.15) is 0 Å². The minimum Gasteiger partial charge on any atom is -0.351 e. The Morgan fingerprint density at radius 1 is 1.24 bits per heavy atom. The Labute approximate surface area is 150 Å². The molecule has 0 radical (unpaired) electrons. The monoisotopic (exact) mass is 356 g/mol. The molecule has 0 aliphatic heterocycles. The number of aryl methyl sites for hydroxylation is 1. The Balaban J connectivity index is 1.48. The molecular formula is C17H20N6OS. The van der Waals surface area contributed by atoms with E-state index in [1.807, 2.05) is 53.6 Å². The van der Waals surface area contributed by atoms with E-state index in [2.05, 4.69) is 20.5 Å². The maximum absolute atomic E-state index is 12.0. The maximum atomic E-state index is 12.0. The van der Waals surface area contributed by atoms with Crippen LogP contribution >= 0.6 is 11.8 Å². The van der Waals surface area contributed by atoms with Crippen molar-refractivity contribution in [1.82, 2.24) is 29.6 Å². The molecule has 7 nitrogen and oxygen atoms in total. The number of hydrogen-bond acceptors (Lipinski definition) is 5. The third-order valence-electron chi connectivity index (χ3n) is 3.75. The van der Waals surface area contributed by atoms with Gasteiger partial charge in [0.25, 0.3) is 0 Å². The van der Waals surface area contributed by atoms with E-state index in [0.717, 1.165) is 16.5 Å². The molecule has 8 heteroatoms. The SMILES string of the molecule is Cc1ccc(CNC(=O)CSc2nnc(Cn3ccnc3)n2C)cc1. The number of imidazole rings is 1. The van der Waals surface area contributed by atoms with Crippen LogP contribution in [0.2, 0.25) is 0 Å². The Morgan fingerprint density at radius 3 is 2.76 bits per heavy atom. The summed E-state index contributed by atoms with van der Waals surface area (Å²) in [6.45, 7) is 3.18. The first-order valence-corrected chi connectivity index (χ1v) is 8.89.